The number of thiophene rings is 1. The van der Waals surface area contributed by atoms with E-state index < -0.39 is 0 Å². The molecule has 3 aromatic rings. The van der Waals surface area contributed by atoms with Gasteiger partial charge in [-0.05, 0) is 75.7 Å². The van der Waals surface area contributed by atoms with E-state index in [1.165, 1.54) is 17.7 Å². The maximum atomic E-state index is 4.78. The Morgan fingerprint density at radius 2 is 1.79 bits per heavy atom. The summed E-state index contributed by atoms with van der Waals surface area (Å²) in [6.45, 7) is 0.928. The molecule has 2 heterocycles. The topological polar surface area (TPSA) is 53.1 Å². The van der Waals surface area contributed by atoms with Gasteiger partial charge < -0.3 is 15.5 Å². The number of rotatable bonds is 6. The van der Waals surface area contributed by atoms with Crippen LogP contribution < -0.4 is 15.5 Å². The van der Waals surface area contributed by atoms with Crippen LogP contribution in [-0.2, 0) is 6.54 Å². The lowest BCUT2D eigenvalue weighted by molar-refractivity contribution is 0.353. The van der Waals surface area contributed by atoms with Crippen LogP contribution in [0.15, 0.2) is 38.6 Å². The van der Waals surface area contributed by atoms with E-state index in [2.05, 4.69) is 65.6 Å². The lowest BCUT2D eigenvalue weighted by Gasteiger charge is -2.30. The molecule has 1 aliphatic rings. The molecule has 4 rings (SSSR count). The molecule has 8 heteroatoms. The first kappa shape index (κ1) is 21.0. The first-order valence-corrected chi connectivity index (χ1v) is 12.3. The second kappa shape index (κ2) is 9.29. The van der Waals surface area contributed by atoms with Crippen molar-refractivity contribution in [2.75, 3.05) is 24.3 Å². The molecule has 29 heavy (non-hydrogen) atoms. The fraction of sp³-hybridized carbons (Fsp3) is 0.429. The lowest BCUT2D eigenvalue weighted by atomic mass is 9.91. The highest BCUT2D eigenvalue weighted by atomic mass is 79.9. The quantitative estimate of drug-likeness (QED) is 0.415. The molecule has 5 nitrogen and oxygen atoms in total. The van der Waals surface area contributed by atoms with Gasteiger partial charge in [-0.25, -0.2) is 4.98 Å². The van der Waals surface area contributed by atoms with Crippen molar-refractivity contribution in [3.05, 3.63) is 43.5 Å². The summed E-state index contributed by atoms with van der Waals surface area (Å²) in [5.41, 5.74) is 0.984. The fourth-order valence-corrected chi connectivity index (χ4v) is 5.94. The van der Waals surface area contributed by atoms with Crippen LogP contribution in [-0.4, -0.2) is 36.1 Å². The van der Waals surface area contributed by atoms with Gasteiger partial charge in [0.1, 0.15) is 5.82 Å². The van der Waals surface area contributed by atoms with Gasteiger partial charge in [-0.1, -0.05) is 12.1 Å². The fourth-order valence-electron chi connectivity index (χ4n) is 3.81. The molecule has 0 aliphatic heterocycles. The average Bonchev–Trinajstić information content (AvgIpc) is 3.04. The molecule has 1 saturated carbocycles. The molecule has 154 valence electrons. The number of aromatic nitrogens is 2. The van der Waals surface area contributed by atoms with Crippen molar-refractivity contribution in [1.29, 1.82) is 0 Å². The normalized spacial score (nSPS) is 19.4. The highest BCUT2D eigenvalue weighted by Gasteiger charge is 2.22. The predicted molar refractivity (Wildman–Crippen MR) is 130 cm³/mol. The number of hydrogen-bond acceptors (Lipinski definition) is 6. The van der Waals surface area contributed by atoms with Crippen LogP contribution >= 0.6 is 43.2 Å². The third-order valence-electron chi connectivity index (χ3n) is 5.33. The summed E-state index contributed by atoms with van der Waals surface area (Å²) in [5.74, 6) is 1.69. The van der Waals surface area contributed by atoms with Crippen molar-refractivity contribution in [1.82, 2.24) is 15.3 Å². The zero-order chi connectivity index (χ0) is 20.4. The summed E-state index contributed by atoms with van der Waals surface area (Å²) in [6.07, 6.45) is 4.59. The Balaban J connectivity index is 1.34. The third-order valence-corrected chi connectivity index (χ3v) is 8.58. The highest BCUT2D eigenvalue weighted by Crippen LogP contribution is 2.32. The molecule has 0 bridgehead atoms. The summed E-state index contributed by atoms with van der Waals surface area (Å²) in [6, 6.07) is 11.4. The zero-order valence-corrected chi connectivity index (χ0v) is 20.6. The Hall–Kier alpha value is -1.22. The molecular weight excluding hydrogens is 514 g/mol. The van der Waals surface area contributed by atoms with Crippen molar-refractivity contribution in [2.24, 2.45) is 0 Å². The zero-order valence-electron chi connectivity index (χ0n) is 16.6. The number of hydrogen-bond donors (Lipinski definition) is 2. The first-order valence-electron chi connectivity index (χ1n) is 9.87. The predicted octanol–water partition coefficient (Wildman–Crippen LogP) is 5.80. The molecule has 2 N–H and O–H groups in total. The molecule has 0 spiro atoms. The lowest BCUT2D eigenvalue weighted by Crippen LogP contribution is -2.36. The molecule has 0 amide bonds. The van der Waals surface area contributed by atoms with Crippen molar-refractivity contribution in [3.8, 4) is 0 Å². The Kier molecular flexibility index (Phi) is 6.73. The maximum Gasteiger partial charge on any atom is 0.225 e. The Bertz CT molecular complexity index is 963. The molecule has 0 saturated heterocycles. The number of para-hydroxylation sites is 1. The Labute approximate surface area is 192 Å². The van der Waals surface area contributed by atoms with Crippen LogP contribution in [0, 0.1) is 0 Å². The van der Waals surface area contributed by atoms with E-state index in [9.17, 15) is 0 Å². The van der Waals surface area contributed by atoms with Gasteiger partial charge in [-0.2, -0.15) is 4.98 Å². The van der Waals surface area contributed by atoms with Gasteiger partial charge >= 0.3 is 0 Å². The summed E-state index contributed by atoms with van der Waals surface area (Å²) in [7, 11) is 4.06. The number of benzene rings is 1. The van der Waals surface area contributed by atoms with Crippen LogP contribution in [0.4, 0.5) is 11.8 Å². The Morgan fingerprint density at radius 3 is 2.48 bits per heavy atom. The van der Waals surface area contributed by atoms with Crippen LogP contribution in [0.5, 0.6) is 0 Å². The van der Waals surface area contributed by atoms with Crippen molar-refractivity contribution < 1.29 is 0 Å². The summed E-state index contributed by atoms with van der Waals surface area (Å²) < 4.78 is 2.30. The molecule has 0 radical (unpaired) electrons. The van der Waals surface area contributed by atoms with E-state index in [-0.39, 0.29) is 0 Å². The molecule has 2 aromatic heterocycles. The number of fused-ring (bicyclic) bond motifs is 1. The van der Waals surface area contributed by atoms with Gasteiger partial charge in [0.2, 0.25) is 5.95 Å². The highest BCUT2D eigenvalue weighted by molar-refractivity contribution is 9.13. The second-order valence-electron chi connectivity index (χ2n) is 7.69. The van der Waals surface area contributed by atoms with Crippen LogP contribution in [0.1, 0.15) is 30.6 Å². The Morgan fingerprint density at radius 1 is 1.07 bits per heavy atom. The molecule has 1 aromatic carbocycles. The number of anilines is 2. The van der Waals surface area contributed by atoms with E-state index in [0.717, 1.165) is 50.3 Å². The largest absolute Gasteiger partial charge is 0.362 e. The standard InChI is InChI=1S/C21H25Br2N5S/c1-28(2)20-16-5-3-4-6-18(16)26-21(27-20)25-14-9-7-13(8-10-14)24-12-15-11-17(22)19(23)29-15/h3-6,11,13-14,24H,7-10,12H2,1-2H3,(H,25,26,27)/t13-,14+. The maximum absolute atomic E-state index is 4.78. The molecular formula is C21H25Br2N5S. The third kappa shape index (κ3) is 5.10. The van der Waals surface area contributed by atoms with E-state index in [0.29, 0.717) is 12.1 Å². The number of nitrogens with zero attached hydrogens (tertiary/aromatic N) is 3. The number of nitrogens with one attached hydrogen (secondary N) is 2. The number of halogens is 2. The van der Waals surface area contributed by atoms with Crippen LogP contribution in [0.3, 0.4) is 0 Å². The summed E-state index contributed by atoms with van der Waals surface area (Å²) >= 11 is 8.92. The molecule has 1 fully saturated rings. The smallest absolute Gasteiger partial charge is 0.225 e. The first-order chi connectivity index (χ1) is 14.0. The van der Waals surface area contributed by atoms with Crippen LogP contribution in [0.25, 0.3) is 10.9 Å². The summed E-state index contributed by atoms with van der Waals surface area (Å²) in [5, 5.41) is 8.39. The molecule has 0 atom stereocenters. The van der Waals surface area contributed by atoms with Crippen molar-refractivity contribution in [2.45, 2.75) is 44.3 Å². The van der Waals surface area contributed by atoms with E-state index in [4.69, 9.17) is 9.97 Å². The van der Waals surface area contributed by atoms with Gasteiger partial charge in [0.05, 0.1) is 9.30 Å². The van der Waals surface area contributed by atoms with Crippen LogP contribution in [0.2, 0.25) is 0 Å². The minimum absolute atomic E-state index is 0.425. The van der Waals surface area contributed by atoms with E-state index in [1.807, 2.05) is 26.2 Å². The van der Waals surface area contributed by atoms with Crippen molar-refractivity contribution >= 4 is 65.9 Å². The van der Waals surface area contributed by atoms with Crippen molar-refractivity contribution in [3.63, 3.8) is 0 Å². The molecule has 1 aliphatic carbocycles. The van der Waals surface area contributed by atoms with Gasteiger partial charge in [0.25, 0.3) is 0 Å². The van der Waals surface area contributed by atoms with E-state index in [1.54, 1.807) is 11.3 Å². The van der Waals surface area contributed by atoms with Gasteiger partial charge in [0.15, 0.2) is 0 Å². The van der Waals surface area contributed by atoms with E-state index >= 15 is 0 Å². The minimum atomic E-state index is 0.425. The second-order valence-corrected chi connectivity index (χ2v) is 11.0. The van der Waals surface area contributed by atoms with Gasteiger partial charge in [0, 0.05) is 47.5 Å². The SMILES string of the molecule is CN(C)c1nc(N[C@H]2CC[C@@H](NCc3cc(Br)c(Br)s3)CC2)nc2ccccc12. The monoisotopic (exact) mass is 537 g/mol. The summed E-state index contributed by atoms with van der Waals surface area (Å²) in [4.78, 5) is 12.9. The van der Waals surface area contributed by atoms with Gasteiger partial charge in [-0.15, -0.1) is 11.3 Å². The minimum Gasteiger partial charge on any atom is -0.362 e. The van der Waals surface area contributed by atoms with Gasteiger partial charge in [-0.3, -0.25) is 0 Å². The molecule has 0 unspecified atom stereocenters. The average molecular weight is 539 g/mol.